The van der Waals surface area contributed by atoms with Gasteiger partial charge in [-0.25, -0.2) is 4.39 Å². The molecule has 0 heterocycles. The average molecular weight is 395 g/mol. The van der Waals surface area contributed by atoms with Crippen molar-refractivity contribution in [1.29, 1.82) is 0 Å². The van der Waals surface area contributed by atoms with Gasteiger partial charge in [0, 0.05) is 10.7 Å². The first-order chi connectivity index (χ1) is 12.8. The molecule has 0 saturated heterocycles. The molecule has 3 N–H and O–H groups in total. The van der Waals surface area contributed by atoms with Crippen LogP contribution in [-0.4, -0.2) is 38.6 Å². The van der Waals surface area contributed by atoms with Gasteiger partial charge in [0.05, 0.1) is 19.8 Å². The molecule has 1 unspecified atom stereocenters. The number of anilines is 2. The van der Waals surface area contributed by atoms with Crippen LogP contribution in [0.3, 0.4) is 0 Å². The van der Waals surface area contributed by atoms with Gasteiger partial charge in [-0.1, -0.05) is 17.7 Å². The minimum Gasteiger partial charge on any atom is -0.495 e. The lowest BCUT2D eigenvalue weighted by Gasteiger charge is -2.21. The number of quaternary nitrogens is 1. The maximum absolute atomic E-state index is 13.2. The smallest absolute Gasteiger partial charge is 0.282 e. The van der Waals surface area contributed by atoms with E-state index in [9.17, 15) is 14.0 Å². The summed E-state index contributed by atoms with van der Waals surface area (Å²) in [5.74, 6) is -0.553. The van der Waals surface area contributed by atoms with Gasteiger partial charge < -0.3 is 20.3 Å². The lowest BCUT2D eigenvalue weighted by atomic mass is 10.2. The van der Waals surface area contributed by atoms with E-state index < -0.39 is 11.9 Å². The number of nitrogens with one attached hydrogen (secondary N) is 3. The molecule has 0 spiro atoms. The molecule has 6 nitrogen and oxygen atoms in total. The van der Waals surface area contributed by atoms with Crippen molar-refractivity contribution in [3.63, 3.8) is 0 Å². The predicted molar refractivity (Wildman–Crippen MR) is 103 cm³/mol. The molecule has 0 aromatic heterocycles. The number of methoxy groups -OCH3 is 1. The molecular formula is C19H22ClFN3O3+. The molecule has 0 aliphatic rings. The van der Waals surface area contributed by atoms with E-state index in [1.807, 2.05) is 0 Å². The number of benzene rings is 2. The van der Waals surface area contributed by atoms with Gasteiger partial charge in [-0.15, -0.1) is 0 Å². The first-order valence-corrected chi connectivity index (χ1v) is 8.70. The fraction of sp³-hybridized carbons (Fsp3) is 0.263. The summed E-state index contributed by atoms with van der Waals surface area (Å²) in [5.41, 5.74) is 0.826. The molecule has 0 saturated carbocycles. The zero-order chi connectivity index (χ0) is 20.0. The summed E-state index contributed by atoms with van der Waals surface area (Å²) >= 11 is 5.96. The molecule has 2 amide bonds. The van der Waals surface area contributed by atoms with Crippen molar-refractivity contribution in [2.75, 3.05) is 31.3 Å². The minimum atomic E-state index is -0.521. The van der Waals surface area contributed by atoms with Crippen LogP contribution >= 0.6 is 11.6 Å². The second kappa shape index (κ2) is 9.34. The van der Waals surface area contributed by atoms with Crippen molar-refractivity contribution >= 4 is 34.8 Å². The van der Waals surface area contributed by atoms with Crippen LogP contribution in [0.4, 0.5) is 15.8 Å². The molecule has 8 heteroatoms. The van der Waals surface area contributed by atoms with E-state index in [4.69, 9.17) is 16.3 Å². The molecule has 0 aliphatic carbocycles. The number of rotatable bonds is 7. The van der Waals surface area contributed by atoms with Crippen LogP contribution in [0.2, 0.25) is 5.02 Å². The predicted octanol–water partition coefficient (Wildman–Crippen LogP) is 1.97. The molecular weight excluding hydrogens is 373 g/mol. The SMILES string of the molecule is COc1ccc(Cl)cc1NC(=O)[C@@H](C)[NH+](C)CC(=O)Nc1cccc(F)c1. The highest BCUT2D eigenvalue weighted by atomic mass is 35.5. The Labute approximate surface area is 162 Å². The van der Waals surface area contributed by atoms with Crippen molar-refractivity contribution in [1.82, 2.24) is 0 Å². The van der Waals surface area contributed by atoms with Crippen LogP contribution < -0.4 is 20.3 Å². The summed E-state index contributed by atoms with van der Waals surface area (Å²) in [7, 11) is 3.22. The number of amides is 2. The number of hydrogen-bond donors (Lipinski definition) is 3. The van der Waals surface area contributed by atoms with Crippen molar-refractivity contribution < 1.29 is 23.6 Å². The van der Waals surface area contributed by atoms with Crippen LogP contribution in [0.15, 0.2) is 42.5 Å². The molecule has 0 radical (unpaired) electrons. The van der Waals surface area contributed by atoms with Crippen LogP contribution in [-0.2, 0) is 9.59 Å². The third-order valence-electron chi connectivity index (χ3n) is 4.10. The zero-order valence-corrected chi connectivity index (χ0v) is 16.1. The van der Waals surface area contributed by atoms with Crippen LogP contribution in [0.25, 0.3) is 0 Å². The Hall–Kier alpha value is -2.64. The van der Waals surface area contributed by atoms with Gasteiger partial charge in [0.1, 0.15) is 11.6 Å². The number of likely N-dealkylation sites (N-methyl/N-ethyl adjacent to an activating group) is 1. The Morgan fingerprint density at radius 3 is 2.63 bits per heavy atom. The topological polar surface area (TPSA) is 71.9 Å². The summed E-state index contributed by atoms with van der Waals surface area (Å²) < 4.78 is 18.4. The standard InChI is InChI=1S/C19H21ClFN3O3/c1-12(19(26)23-16-9-13(20)7-8-17(16)27-3)24(2)11-18(25)22-15-6-4-5-14(21)10-15/h4-10,12H,11H2,1-3H3,(H,22,25)(H,23,26)/p+1/t12-/m1/s1. The van der Waals surface area contributed by atoms with E-state index in [0.29, 0.717) is 27.0 Å². The lowest BCUT2D eigenvalue weighted by Crippen LogP contribution is -3.14. The third-order valence-corrected chi connectivity index (χ3v) is 4.33. The van der Waals surface area contributed by atoms with Crippen LogP contribution in [0.5, 0.6) is 5.75 Å². The fourth-order valence-corrected chi connectivity index (χ4v) is 2.59. The van der Waals surface area contributed by atoms with Gasteiger partial charge in [-0.05, 0) is 43.3 Å². The summed E-state index contributed by atoms with van der Waals surface area (Å²) in [4.78, 5) is 25.3. The number of carbonyl (C=O) groups is 2. The van der Waals surface area contributed by atoms with Crippen molar-refractivity contribution in [2.45, 2.75) is 13.0 Å². The third kappa shape index (κ3) is 5.94. The second-order valence-corrected chi connectivity index (χ2v) is 6.57. The number of hydrogen-bond acceptors (Lipinski definition) is 3. The van der Waals surface area contributed by atoms with Gasteiger partial charge in [0.25, 0.3) is 11.8 Å². The Morgan fingerprint density at radius 2 is 1.96 bits per heavy atom. The largest absolute Gasteiger partial charge is 0.495 e. The monoisotopic (exact) mass is 394 g/mol. The van der Waals surface area contributed by atoms with E-state index in [1.165, 1.54) is 25.3 Å². The summed E-state index contributed by atoms with van der Waals surface area (Å²) in [5, 5.41) is 5.84. The van der Waals surface area contributed by atoms with E-state index in [-0.39, 0.29) is 18.4 Å². The minimum absolute atomic E-state index is 0.0395. The maximum atomic E-state index is 13.2. The van der Waals surface area contributed by atoms with Gasteiger partial charge in [-0.3, -0.25) is 9.59 Å². The summed E-state index contributed by atoms with van der Waals surface area (Å²) in [6, 6.07) is 10.0. The average Bonchev–Trinajstić information content (AvgIpc) is 2.61. The first-order valence-electron chi connectivity index (χ1n) is 8.32. The highest BCUT2D eigenvalue weighted by Crippen LogP contribution is 2.27. The molecule has 2 atom stereocenters. The number of ether oxygens (including phenoxy) is 1. The lowest BCUT2D eigenvalue weighted by molar-refractivity contribution is -0.885. The van der Waals surface area contributed by atoms with Crippen molar-refractivity contribution in [3.8, 4) is 5.75 Å². The molecule has 2 aromatic carbocycles. The Kier molecular flexibility index (Phi) is 7.15. The van der Waals surface area contributed by atoms with Gasteiger partial charge in [-0.2, -0.15) is 0 Å². The molecule has 0 fully saturated rings. The Balaban J connectivity index is 1.95. The van der Waals surface area contributed by atoms with Crippen molar-refractivity contribution in [3.05, 3.63) is 53.3 Å². The fourth-order valence-electron chi connectivity index (χ4n) is 2.42. The summed E-state index contributed by atoms with van der Waals surface area (Å²) in [6.07, 6.45) is 0. The van der Waals surface area contributed by atoms with Gasteiger partial charge >= 0.3 is 0 Å². The van der Waals surface area contributed by atoms with Crippen LogP contribution in [0, 0.1) is 5.82 Å². The van der Waals surface area contributed by atoms with E-state index in [2.05, 4.69) is 10.6 Å². The normalized spacial score (nSPS) is 12.8. The zero-order valence-electron chi connectivity index (χ0n) is 15.3. The van der Waals surface area contributed by atoms with Gasteiger partial charge in [0.2, 0.25) is 0 Å². The molecule has 0 aliphatic heterocycles. The molecule has 2 rings (SSSR count). The van der Waals surface area contributed by atoms with Gasteiger partial charge in [0.15, 0.2) is 12.6 Å². The Bertz CT molecular complexity index is 832. The first kappa shape index (κ1) is 20.7. The number of halogens is 2. The van der Waals surface area contributed by atoms with Crippen molar-refractivity contribution in [2.24, 2.45) is 0 Å². The highest BCUT2D eigenvalue weighted by Gasteiger charge is 2.25. The van der Waals surface area contributed by atoms with E-state index in [1.54, 1.807) is 38.2 Å². The molecule has 144 valence electrons. The van der Waals surface area contributed by atoms with E-state index in [0.717, 1.165) is 0 Å². The summed E-state index contributed by atoms with van der Waals surface area (Å²) in [6.45, 7) is 1.74. The highest BCUT2D eigenvalue weighted by molar-refractivity contribution is 6.31. The molecule has 27 heavy (non-hydrogen) atoms. The number of carbonyl (C=O) groups excluding carboxylic acids is 2. The quantitative estimate of drug-likeness (QED) is 0.672. The molecule has 0 bridgehead atoms. The molecule has 2 aromatic rings. The maximum Gasteiger partial charge on any atom is 0.282 e. The second-order valence-electron chi connectivity index (χ2n) is 6.14. The van der Waals surface area contributed by atoms with E-state index >= 15 is 0 Å². The Morgan fingerprint density at radius 1 is 1.22 bits per heavy atom. The van der Waals surface area contributed by atoms with Crippen LogP contribution in [0.1, 0.15) is 6.92 Å².